The number of hydrogen-bond acceptors (Lipinski definition) is 4. The van der Waals surface area contributed by atoms with Crippen molar-refractivity contribution < 1.29 is 19.4 Å². The molecule has 0 bridgehead atoms. The minimum atomic E-state index is -1.04. The summed E-state index contributed by atoms with van der Waals surface area (Å²) in [6.07, 6.45) is 1.44. The molecule has 7 heteroatoms. The van der Waals surface area contributed by atoms with Gasteiger partial charge in [-0.3, -0.25) is 4.98 Å². The lowest BCUT2D eigenvalue weighted by Gasteiger charge is -2.33. The van der Waals surface area contributed by atoms with E-state index in [1.165, 1.54) is 4.90 Å². The fourth-order valence-corrected chi connectivity index (χ4v) is 2.14. The van der Waals surface area contributed by atoms with E-state index in [0.717, 1.165) is 5.69 Å². The van der Waals surface area contributed by atoms with Crippen molar-refractivity contribution in [3.05, 3.63) is 30.1 Å². The summed E-state index contributed by atoms with van der Waals surface area (Å²) >= 11 is 0. The zero-order chi connectivity index (χ0) is 15.2. The number of nitrogens with zero attached hydrogens (tertiary/aromatic N) is 3. The molecule has 2 heterocycles. The Kier molecular flexibility index (Phi) is 5.10. The van der Waals surface area contributed by atoms with Crippen molar-refractivity contribution in [1.82, 2.24) is 14.8 Å². The molecule has 0 aliphatic carbocycles. The van der Waals surface area contributed by atoms with E-state index in [1.54, 1.807) is 18.1 Å². The van der Waals surface area contributed by atoms with Crippen LogP contribution in [-0.4, -0.2) is 71.3 Å². The number of carboxylic acids is 1. The van der Waals surface area contributed by atoms with Gasteiger partial charge in [-0.1, -0.05) is 6.07 Å². The van der Waals surface area contributed by atoms with Crippen molar-refractivity contribution in [2.24, 2.45) is 0 Å². The number of ether oxygens (including phenoxy) is 1. The van der Waals surface area contributed by atoms with Crippen LogP contribution in [0.3, 0.4) is 0 Å². The maximum absolute atomic E-state index is 12.3. The second-order valence-electron chi connectivity index (χ2n) is 4.92. The third-order valence-corrected chi connectivity index (χ3v) is 3.37. The van der Waals surface area contributed by atoms with Crippen LogP contribution in [0.2, 0.25) is 0 Å². The first-order valence-corrected chi connectivity index (χ1v) is 6.82. The average molecular weight is 293 g/mol. The van der Waals surface area contributed by atoms with E-state index in [4.69, 9.17) is 9.84 Å². The second-order valence-corrected chi connectivity index (χ2v) is 4.92. The molecule has 7 nitrogen and oxygen atoms in total. The number of aromatic nitrogens is 1. The Balaban J connectivity index is 1.85. The zero-order valence-corrected chi connectivity index (χ0v) is 11.9. The smallest absolute Gasteiger partial charge is 0.334 e. The molecule has 21 heavy (non-hydrogen) atoms. The molecule has 1 fully saturated rings. The van der Waals surface area contributed by atoms with Crippen molar-refractivity contribution in [3.8, 4) is 0 Å². The lowest BCUT2D eigenvalue weighted by molar-refractivity contribution is -0.154. The summed E-state index contributed by atoms with van der Waals surface area (Å²) in [5, 5.41) is 8.94. The maximum Gasteiger partial charge on any atom is 0.334 e. The van der Waals surface area contributed by atoms with Crippen LogP contribution in [0.25, 0.3) is 0 Å². The molecule has 0 aromatic carbocycles. The van der Waals surface area contributed by atoms with Gasteiger partial charge in [-0.25, -0.2) is 9.59 Å². The van der Waals surface area contributed by atoms with Crippen LogP contribution in [0.1, 0.15) is 5.69 Å². The van der Waals surface area contributed by atoms with Gasteiger partial charge in [0.25, 0.3) is 0 Å². The highest BCUT2D eigenvalue weighted by molar-refractivity contribution is 5.77. The minimum Gasteiger partial charge on any atom is -0.479 e. The van der Waals surface area contributed by atoms with E-state index in [-0.39, 0.29) is 19.2 Å². The SMILES string of the molecule is CN(CCc1ccccn1)C(=O)N1CCOC(C(=O)O)C1. The molecule has 114 valence electrons. The summed E-state index contributed by atoms with van der Waals surface area (Å²) in [4.78, 5) is 30.5. The Labute approximate surface area is 123 Å². The van der Waals surface area contributed by atoms with Crippen molar-refractivity contribution in [1.29, 1.82) is 0 Å². The lowest BCUT2D eigenvalue weighted by atomic mass is 10.2. The Morgan fingerprint density at radius 2 is 2.33 bits per heavy atom. The second kappa shape index (κ2) is 7.03. The fourth-order valence-electron chi connectivity index (χ4n) is 2.14. The summed E-state index contributed by atoms with van der Waals surface area (Å²) in [7, 11) is 1.70. The van der Waals surface area contributed by atoms with E-state index in [0.29, 0.717) is 19.5 Å². The highest BCUT2D eigenvalue weighted by Gasteiger charge is 2.30. The van der Waals surface area contributed by atoms with Crippen molar-refractivity contribution >= 4 is 12.0 Å². The van der Waals surface area contributed by atoms with Crippen molar-refractivity contribution in [2.75, 3.05) is 33.3 Å². The van der Waals surface area contributed by atoms with E-state index in [1.807, 2.05) is 18.2 Å². The van der Waals surface area contributed by atoms with Gasteiger partial charge in [-0.2, -0.15) is 0 Å². The van der Waals surface area contributed by atoms with Gasteiger partial charge in [0.1, 0.15) is 0 Å². The van der Waals surface area contributed by atoms with Gasteiger partial charge in [0, 0.05) is 38.4 Å². The monoisotopic (exact) mass is 293 g/mol. The standard InChI is InChI=1S/C14H19N3O4/c1-16(7-5-11-4-2-3-6-15-11)14(20)17-8-9-21-12(10-17)13(18)19/h2-4,6,12H,5,7-10H2,1H3,(H,18,19). The van der Waals surface area contributed by atoms with Gasteiger partial charge in [-0.15, -0.1) is 0 Å². The quantitative estimate of drug-likeness (QED) is 0.872. The molecule has 1 N–H and O–H groups in total. The lowest BCUT2D eigenvalue weighted by Crippen LogP contribution is -2.52. The van der Waals surface area contributed by atoms with Crippen LogP contribution in [0.15, 0.2) is 24.4 Å². The van der Waals surface area contributed by atoms with Crippen LogP contribution in [0, 0.1) is 0 Å². The first-order chi connectivity index (χ1) is 10.1. The molecule has 1 aliphatic rings. The normalized spacial score (nSPS) is 18.3. The molecule has 2 rings (SSSR count). The molecule has 0 radical (unpaired) electrons. The Morgan fingerprint density at radius 1 is 1.52 bits per heavy atom. The summed E-state index contributed by atoms with van der Waals surface area (Å²) in [6.45, 7) is 1.28. The van der Waals surface area contributed by atoms with Gasteiger partial charge in [0.15, 0.2) is 6.10 Å². The highest BCUT2D eigenvalue weighted by Crippen LogP contribution is 2.08. The van der Waals surface area contributed by atoms with E-state index >= 15 is 0 Å². The van der Waals surface area contributed by atoms with Gasteiger partial charge < -0.3 is 19.6 Å². The molecule has 1 aromatic rings. The molecular formula is C14H19N3O4. The first-order valence-electron chi connectivity index (χ1n) is 6.82. The number of likely N-dealkylation sites (N-methyl/N-ethyl adjacent to an activating group) is 1. The minimum absolute atomic E-state index is 0.0854. The predicted molar refractivity (Wildman–Crippen MR) is 74.9 cm³/mol. The van der Waals surface area contributed by atoms with E-state index < -0.39 is 12.1 Å². The third-order valence-electron chi connectivity index (χ3n) is 3.37. The average Bonchev–Trinajstić information content (AvgIpc) is 2.53. The number of aliphatic carboxylic acids is 1. The third kappa shape index (κ3) is 4.16. The number of rotatable bonds is 4. The number of carbonyl (C=O) groups is 2. The number of pyridine rings is 1. The number of morpholine rings is 1. The Bertz CT molecular complexity index is 494. The van der Waals surface area contributed by atoms with Crippen LogP contribution >= 0.6 is 0 Å². The highest BCUT2D eigenvalue weighted by atomic mass is 16.5. The van der Waals surface area contributed by atoms with Gasteiger partial charge in [0.05, 0.1) is 13.2 Å². The summed E-state index contributed by atoms with van der Waals surface area (Å²) < 4.78 is 5.11. The largest absolute Gasteiger partial charge is 0.479 e. The number of carbonyl (C=O) groups excluding carboxylic acids is 1. The number of carboxylic acid groups (broad SMARTS) is 1. The number of hydrogen-bond donors (Lipinski definition) is 1. The van der Waals surface area contributed by atoms with Gasteiger partial charge >= 0.3 is 12.0 Å². The molecule has 1 saturated heterocycles. The molecule has 1 atom stereocenters. The van der Waals surface area contributed by atoms with Crippen molar-refractivity contribution in [2.45, 2.75) is 12.5 Å². The summed E-state index contributed by atoms with van der Waals surface area (Å²) in [5.41, 5.74) is 0.919. The van der Waals surface area contributed by atoms with Crippen molar-refractivity contribution in [3.63, 3.8) is 0 Å². The van der Waals surface area contributed by atoms with Crippen LogP contribution in [0.5, 0.6) is 0 Å². The number of urea groups is 1. The van der Waals surface area contributed by atoms with Crippen LogP contribution in [-0.2, 0) is 16.0 Å². The molecule has 0 saturated carbocycles. The molecular weight excluding hydrogens is 274 g/mol. The molecule has 2 amide bonds. The fraction of sp³-hybridized carbons (Fsp3) is 0.500. The van der Waals surface area contributed by atoms with E-state index in [2.05, 4.69) is 4.98 Å². The van der Waals surface area contributed by atoms with Crippen LogP contribution < -0.4 is 0 Å². The Hall–Kier alpha value is -2.15. The summed E-state index contributed by atoms with van der Waals surface area (Å²) in [5.74, 6) is -1.04. The molecule has 1 aliphatic heterocycles. The molecule has 1 unspecified atom stereocenters. The van der Waals surface area contributed by atoms with Crippen LogP contribution in [0.4, 0.5) is 4.79 Å². The molecule has 0 spiro atoms. The summed E-state index contributed by atoms with van der Waals surface area (Å²) in [6, 6.07) is 5.48. The Morgan fingerprint density at radius 3 is 3.00 bits per heavy atom. The van der Waals surface area contributed by atoms with E-state index in [9.17, 15) is 9.59 Å². The number of amides is 2. The maximum atomic E-state index is 12.3. The van der Waals surface area contributed by atoms with Gasteiger partial charge in [-0.05, 0) is 12.1 Å². The zero-order valence-electron chi connectivity index (χ0n) is 11.9. The van der Waals surface area contributed by atoms with Gasteiger partial charge in [0.2, 0.25) is 0 Å². The topological polar surface area (TPSA) is 83.0 Å². The molecule has 1 aromatic heterocycles. The predicted octanol–water partition coefficient (Wildman–Crippen LogP) is 0.461. The first kappa shape index (κ1) is 15.2.